The highest BCUT2D eigenvalue weighted by molar-refractivity contribution is 4.84. The van der Waals surface area contributed by atoms with Crippen molar-refractivity contribution in [1.29, 1.82) is 0 Å². The van der Waals surface area contributed by atoms with E-state index in [1.807, 2.05) is 6.92 Å². The molecule has 4 heteroatoms. The van der Waals surface area contributed by atoms with Crippen LogP contribution in [-0.2, 0) is 4.74 Å². The van der Waals surface area contributed by atoms with E-state index in [9.17, 15) is 5.11 Å². The number of aliphatic hydroxyl groups is 2. The zero-order valence-electron chi connectivity index (χ0n) is 6.82. The lowest BCUT2D eigenvalue weighted by Crippen LogP contribution is -2.53. The lowest BCUT2D eigenvalue weighted by molar-refractivity contribution is -0.195. The van der Waals surface area contributed by atoms with Gasteiger partial charge in [-0.05, 0) is 14.0 Å². The molecule has 0 saturated carbocycles. The summed E-state index contributed by atoms with van der Waals surface area (Å²) in [7, 11) is 1.77. The van der Waals surface area contributed by atoms with Gasteiger partial charge in [-0.2, -0.15) is 0 Å². The summed E-state index contributed by atoms with van der Waals surface area (Å²) in [6.45, 7) is 1.83. The molecule has 66 valence electrons. The first kappa shape index (κ1) is 8.93. The molecule has 1 heterocycles. The third-order valence-electron chi connectivity index (χ3n) is 2.07. The molecule has 4 nitrogen and oxygen atoms in total. The zero-order valence-corrected chi connectivity index (χ0v) is 6.82. The van der Waals surface area contributed by atoms with E-state index < -0.39 is 12.4 Å². The summed E-state index contributed by atoms with van der Waals surface area (Å²) >= 11 is 0. The molecule has 1 fully saturated rings. The predicted octanol–water partition coefficient (Wildman–Crippen LogP) is -0.938. The van der Waals surface area contributed by atoms with Gasteiger partial charge in [0.15, 0.2) is 6.29 Å². The molecule has 1 aliphatic heterocycles. The average molecular weight is 161 g/mol. The van der Waals surface area contributed by atoms with Gasteiger partial charge in [0.05, 0.1) is 18.2 Å². The lowest BCUT2D eigenvalue weighted by Gasteiger charge is -2.35. The third-order valence-corrected chi connectivity index (χ3v) is 2.07. The van der Waals surface area contributed by atoms with E-state index in [0.717, 1.165) is 0 Å². The predicted molar refractivity (Wildman–Crippen MR) is 40.0 cm³/mol. The molecule has 1 rings (SSSR count). The van der Waals surface area contributed by atoms with Crippen LogP contribution in [0.2, 0.25) is 0 Å². The van der Waals surface area contributed by atoms with Crippen molar-refractivity contribution in [2.75, 3.05) is 7.05 Å². The number of hydrogen-bond donors (Lipinski definition) is 3. The molecule has 0 spiro atoms. The fourth-order valence-electron chi connectivity index (χ4n) is 1.48. The third kappa shape index (κ3) is 1.90. The Labute approximate surface area is 66.2 Å². The molecule has 0 aromatic rings. The van der Waals surface area contributed by atoms with Gasteiger partial charge in [0, 0.05) is 6.42 Å². The molecule has 0 aromatic carbocycles. The molecular weight excluding hydrogens is 146 g/mol. The van der Waals surface area contributed by atoms with Crippen LogP contribution in [0.3, 0.4) is 0 Å². The number of hydrogen-bond acceptors (Lipinski definition) is 4. The Morgan fingerprint density at radius 1 is 1.45 bits per heavy atom. The summed E-state index contributed by atoms with van der Waals surface area (Å²) in [5, 5.41) is 21.4. The normalized spacial score (nSPS) is 45.8. The molecule has 1 unspecified atom stereocenters. The SMILES string of the molecule is CN[C@@H]1[C@H](C)OC(O)C[C@@H]1O. The van der Waals surface area contributed by atoms with E-state index >= 15 is 0 Å². The van der Waals surface area contributed by atoms with Crippen molar-refractivity contribution in [1.82, 2.24) is 5.32 Å². The maximum absolute atomic E-state index is 9.41. The molecule has 0 bridgehead atoms. The number of likely N-dealkylation sites (N-methyl/N-ethyl adjacent to an activating group) is 1. The Bertz CT molecular complexity index is 119. The van der Waals surface area contributed by atoms with Crippen LogP contribution in [0.1, 0.15) is 13.3 Å². The Morgan fingerprint density at radius 2 is 2.09 bits per heavy atom. The van der Waals surface area contributed by atoms with Gasteiger partial charge in [-0.3, -0.25) is 0 Å². The summed E-state index contributed by atoms with van der Waals surface area (Å²) in [5.41, 5.74) is 0. The fraction of sp³-hybridized carbons (Fsp3) is 1.00. The summed E-state index contributed by atoms with van der Waals surface area (Å²) in [5.74, 6) is 0. The van der Waals surface area contributed by atoms with Gasteiger partial charge in [-0.1, -0.05) is 0 Å². The van der Waals surface area contributed by atoms with Gasteiger partial charge in [0.25, 0.3) is 0 Å². The van der Waals surface area contributed by atoms with E-state index in [1.54, 1.807) is 7.05 Å². The van der Waals surface area contributed by atoms with Crippen LogP contribution in [0.4, 0.5) is 0 Å². The first-order valence-corrected chi connectivity index (χ1v) is 3.84. The molecule has 1 saturated heterocycles. The van der Waals surface area contributed by atoms with E-state index in [-0.39, 0.29) is 18.6 Å². The standard InChI is InChI=1S/C7H15NO3/c1-4-7(8-2)5(9)3-6(10)11-4/h4-10H,3H2,1-2H3/t4-,5-,6?,7+/m0/s1. The Morgan fingerprint density at radius 3 is 2.55 bits per heavy atom. The second kappa shape index (κ2) is 3.49. The molecule has 4 atom stereocenters. The topological polar surface area (TPSA) is 61.7 Å². The van der Waals surface area contributed by atoms with Crippen LogP contribution >= 0.6 is 0 Å². The van der Waals surface area contributed by atoms with Crippen molar-refractivity contribution < 1.29 is 14.9 Å². The van der Waals surface area contributed by atoms with E-state index in [1.165, 1.54) is 0 Å². The van der Waals surface area contributed by atoms with Gasteiger partial charge in [0.2, 0.25) is 0 Å². The largest absolute Gasteiger partial charge is 0.391 e. The second-order valence-corrected chi connectivity index (χ2v) is 2.91. The van der Waals surface area contributed by atoms with Crippen LogP contribution in [0.5, 0.6) is 0 Å². The Hall–Kier alpha value is -0.160. The number of ether oxygens (including phenoxy) is 1. The highest BCUT2D eigenvalue weighted by Crippen LogP contribution is 2.17. The minimum Gasteiger partial charge on any atom is -0.391 e. The number of rotatable bonds is 1. The van der Waals surface area contributed by atoms with Gasteiger partial charge < -0.3 is 20.3 Å². The quantitative estimate of drug-likeness (QED) is 0.464. The summed E-state index contributed by atoms with van der Waals surface area (Å²) in [4.78, 5) is 0. The molecular formula is C7H15NO3. The van der Waals surface area contributed by atoms with Crippen molar-refractivity contribution in [3.8, 4) is 0 Å². The number of aliphatic hydroxyl groups excluding tert-OH is 2. The molecule has 11 heavy (non-hydrogen) atoms. The summed E-state index contributed by atoms with van der Waals surface area (Å²) in [6.07, 6.45) is -1.18. The van der Waals surface area contributed by atoms with Crippen molar-refractivity contribution in [3.05, 3.63) is 0 Å². The average Bonchev–Trinajstić information content (AvgIpc) is 1.85. The van der Waals surface area contributed by atoms with E-state index in [4.69, 9.17) is 9.84 Å². The van der Waals surface area contributed by atoms with Crippen molar-refractivity contribution in [2.45, 2.75) is 37.9 Å². The molecule has 1 aliphatic rings. The van der Waals surface area contributed by atoms with Gasteiger partial charge in [-0.25, -0.2) is 0 Å². The highest BCUT2D eigenvalue weighted by atomic mass is 16.6. The molecule has 0 amide bonds. The van der Waals surface area contributed by atoms with Crippen LogP contribution in [0.25, 0.3) is 0 Å². The van der Waals surface area contributed by atoms with Gasteiger partial charge >= 0.3 is 0 Å². The van der Waals surface area contributed by atoms with E-state index in [0.29, 0.717) is 0 Å². The smallest absolute Gasteiger partial charge is 0.157 e. The first-order valence-electron chi connectivity index (χ1n) is 3.84. The number of nitrogens with one attached hydrogen (secondary N) is 1. The van der Waals surface area contributed by atoms with Crippen LogP contribution in [0.15, 0.2) is 0 Å². The molecule has 0 aromatic heterocycles. The van der Waals surface area contributed by atoms with Crippen molar-refractivity contribution in [3.63, 3.8) is 0 Å². The minimum atomic E-state index is -0.815. The minimum absolute atomic E-state index is 0.0709. The summed E-state index contributed by atoms with van der Waals surface area (Å²) in [6, 6.07) is -0.0709. The second-order valence-electron chi connectivity index (χ2n) is 2.91. The zero-order chi connectivity index (χ0) is 8.43. The van der Waals surface area contributed by atoms with Gasteiger partial charge in [-0.15, -0.1) is 0 Å². The maximum Gasteiger partial charge on any atom is 0.157 e. The molecule has 0 radical (unpaired) electrons. The monoisotopic (exact) mass is 161 g/mol. The Balaban J connectivity index is 2.52. The lowest BCUT2D eigenvalue weighted by atomic mass is 10.00. The molecule has 0 aliphatic carbocycles. The fourth-order valence-corrected chi connectivity index (χ4v) is 1.48. The highest BCUT2D eigenvalue weighted by Gasteiger charge is 2.33. The summed E-state index contributed by atoms with van der Waals surface area (Å²) < 4.78 is 5.09. The molecule has 3 N–H and O–H groups in total. The first-order chi connectivity index (χ1) is 5.15. The maximum atomic E-state index is 9.41. The van der Waals surface area contributed by atoms with Gasteiger partial charge in [0.1, 0.15) is 0 Å². The Kier molecular flexibility index (Phi) is 2.84. The van der Waals surface area contributed by atoms with Crippen molar-refractivity contribution >= 4 is 0 Å². The van der Waals surface area contributed by atoms with Crippen molar-refractivity contribution in [2.24, 2.45) is 0 Å². The van der Waals surface area contributed by atoms with E-state index in [2.05, 4.69) is 5.32 Å². The van der Waals surface area contributed by atoms with Crippen LogP contribution in [0, 0.1) is 0 Å². The van der Waals surface area contributed by atoms with Crippen LogP contribution < -0.4 is 5.32 Å². The van der Waals surface area contributed by atoms with Crippen LogP contribution in [-0.4, -0.2) is 41.8 Å².